The van der Waals surface area contributed by atoms with Crippen LogP contribution < -0.4 is 16.0 Å². The lowest BCUT2D eigenvalue weighted by molar-refractivity contribution is -0.181. The Bertz CT molecular complexity index is 1360. The number of rotatable bonds is 7. The lowest BCUT2D eigenvalue weighted by Gasteiger charge is -2.52. The Morgan fingerprint density at radius 2 is 1.80 bits per heavy atom. The van der Waals surface area contributed by atoms with Crippen LogP contribution in [0.15, 0.2) is 6.07 Å². The number of ketones is 4. The number of nitrogens with one attached hydrogen (secondary N) is 1. The molecule has 41 heavy (non-hydrogen) atoms. The first kappa shape index (κ1) is 30.1. The SMILES string of the molecule is CCOC(=O)C(C)Nc1cc(N(C)C)c2c(c1O)C(=O)C1C(=O)[C@]3(O)C(=O)C(C(N)=O)C(=O)[C@@H](N(C)C)[C@@H]3C[C@@H]1C2. The van der Waals surface area contributed by atoms with Gasteiger partial charge in [-0.2, -0.15) is 0 Å². The average Bonchev–Trinajstić information content (AvgIpc) is 2.87. The third-order valence-electron chi connectivity index (χ3n) is 8.53. The number of fused-ring (bicyclic) bond motifs is 3. The second-order valence-corrected chi connectivity index (χ2v) is 11.4. The maximum atomic E-state index is 14.0. The van der Waals surface area contributed by atoms with Gasteiger partial charge >= 0.3 is 5.97 Å². The van der Waals surface area contributed by atoms with E-state index in [4.69, 9.17) is 10.5 Å². The van der Waals surface area contributed by atoms with E-state index in [1.165, 1.54) is 25.9 Å². The monoisotopic (exact) mass is 572 g/mol. The Morgan fingerprint density at radius 3 is 2.34 bits per heavy atom. The summed E-state index contributed by atoms with van der Waals surface area (Å²) >= 11 is 0. The van der Waals surface area contributed by atoms with Crippen LogP contribution in [-0.4, -0.2) is 103 Å². The molecule has 7 atom stereocenters. The summed E-state index contributed by atoms with van der Waals surface area (Å²) < 4.78 is 5.02. The fraction of sp³-hybridized carbons (Fsp3) is 0.571. The fourth-order valence-electron chi connectivity index (χ4n) is 6.72. The predicted molar refractivity (Wildman–Crippen MR) is 145 cm³/mol. The van der Waals surface area contributed by atoms with Crippen LogP contribution in [-0.2, 0) is 35.1 Å². The van der Waals surface area contributed by atoms with E-state index >= 15 is 0 Å². The number of likely N-dealkylation sites (N-methyl/N-ethyl adjacent to an activating group) is 1. The van der Waals surface area contributed by atoms with E-state index in [-0.39, 0.29) is 30.7 Å². The van der Waals surface area contributed by atoms with E-state index in [1.54, 1.807) is 32.0 Å². The minimum Gasteiger partial charge on any atom is -0.505 e. The van der Waals surface area contributed by atoms with Gasteiger partial charge in [0, 0.05) is 25.7 Å². The number of anilines is 2. The number of benzene rings is 1. The van der Waals surface area contributed by atoms with E-state index in [2.05, 4.69) is 5.32 Å². The molecule has 1 aromatic rings. The standard InChI is InChI=1S/C28H36N4O9/c1-7-41-27(39)11(2)30-15-10-16(31(3)4)13-8-12-9-14-20(32(5)6)23(35)19(26(29)38)25(37)28(14,40)24(36)17(12)22(34)18(13)21(15)33/h10-12,14,17,19-20,30,33,40H,7-9H2,1-6H3,(H2,29,38)/t11?,12-,14-,17?,19?,20-,28-/m0/s1. The zero-order valence-corrected chi connectivity index (χ0v) is 23.9. The summed E-state index contributed by atoms with van der Waals surface area (Å²) in [6.07, 6.45) is 0.0814. The molecule has 0 aliphatic heterocycles. The highest BCUT2D eigenvalue weighted by molar-refractivity contribution is 6.32. The van der Waals surface area contributed by atoms with Crippen LogP contribution in [0.4, 0.5) is 11.4 Å². The molecule has 1 amide bonds. The largest absolute Gasteiger partial charge is 0.505 e. The quantitative estimate of drug-likeness (QED) is 0.182. The Kier molecular flexibility index (Phi) is 7.74. The van der Waals surface area contributed by atoms with E-state index in [0.29, 0.717) is 11.3 Å². The van der Waals surface area contributed by atoms with E-state index < -0.39 is 82.1 Å². The first-order chi connectivity index (χ1) is 19.1. The van der Waals surface area contributed by atoms with Crippen molar-refractivity contribution in [2.24, 2.45) is 29.4 Å². The smallest absolute Gasteiger partial charge is 0.328 e. The van der Waals surface area contributed by atoms with Gasteiger partial charge in [-0.05, 0) is 58.3 Å². The molecule has 13 nitrogen and oxygen atoms in total. The van der Waals surface area contributed by atoms with E-state index in [9.17, 15) is 39.0 Å². The second kappa shape index (κ2) is 10.5. The lowest BCUT2D eigenvalue weighted by atomic mass is 9.52. The molecule has 2 fully saturated rings. The Balaban J connectivity index is 1.85. The maximum absolute atomic E-state index is 14.0. The highest BCUT2D eigenvalue weighted by Crippen LogP contribution is 2.52. The van der Waals surface area contributed by atoms with Gasteiger partial charge in [-0.15, -0.1) is 0 Å². The highest BCUT2D eigenvalue weighted by Gasteiger charge is 2.69. The first-order valence-electron chi connectivity index (χ1n) is 13.4. The number of aromatic hydroxyl groups is 1. The summed E-state index contributed by atoms with van der Waals surface area (Å²) in [5.41, 5.74) is 3.45. The molecule has 4 rings (SSSR count). The Labute approximate surface area is 237 Å². The van der Waals surface area contributed by atoms with Crippen molar-refractivity contribution < 1.29 is 43.7 Å². The number of carbonyl (C=O) groups is 6. The van der Waals surface area contributed by atoms with Gasteiger partial charge in [-0.1, -0.05) is 0 Å². The number of phenols is 1. The fourth-order valence-corrected chi connectivity index (χ4v) is 6.72. The van der Waals surface area contributed by atoms with Crippen LogP contribution in [0.5, 0.6) is 5.75 Å². The first-order valence-corrected chi connectivity index (χ1v) is 13.4. The minimum atomic E-state index is -2.80. The third-order valence-corrected chi connectivity index (χ3v) is 8.53. The van der Waals surface area contributed by atoms with Gasteiger partial charge in [0.05, 0.1) is 29.8 Å². The summed E-state index contributed by atoms with van der Waals surface area (Å²) in [5, 5.41) is 25.8. The van der Waals surface area contributed by atoms with Crippen LogP contribution >= 0.6 is 0 Å². The number of esters is 1. The molecular weight excluding hydrogens is 536 g/mol. The number of nitrogens with zero attached hydrogens (tertiary/aromatic N) is 2. The van der Waals surface area contributed by atoms with Gasteiger partial charge in [0.25, 0.3) is 0 Å². The highest BCUT2D eigenvalue weighted by atomic mass is 16.5. The van der Waals surface area contributed by atoms with E-state index in [1.807, 2.05) is 0 Å². The van der Waals surface area contributed by atoms with Crippen LogP contribution in [0.2, 0.25) is 0 Å². The molecule has 3 aliphatic rings. The van der Waals surface area contributed by atoms with Gasteiger partial charge in [0.2, 0.25) is 5.91 Å². The zero-order valence-electron chi connectivity index (χ0n) is 23.9. The van der Waals surface area contributed by atoms with Crippen molar-refractivity contribution in [3.8, 4) is 5.75 Å². The summed E-state index contributed by atoms with van der Waals surface area (Å²) in [7, 11) is 6.53. The molecule has 0 saturated heterocycles. The number of hydrogen-bond acceptors (Lipinski definition) is 12. The number of phenolic OH excluding ortho intramolecular Hbond substituents is 1. The maximum Gasteiger partial charge on any atom is 0.328 e. The second-order valence-electron chi connectivity index (χ2n) is 11.4. The molecule has 5 N–H and O–H groups in total. The molecule has 0 heterocycles. The summed E-state index contributed by atoms with van der Waals surface area (Å²) in [5.74, 6) is -11.9. The number of nitrogens with two attached hydrogens (primary N) is 1. The van der Waals surface area contributed by atoms with E-state index in [0.717, 1.165) is 0 Å². The van der Waals surface area contributed by atoms with Crippen molar-refractivity contribution in [3.63, 3.8) is 0 Å². The van der Waals surface area contributed by atoms with Gasteiger partial charge in [-0.25, -0.2) is 4.79 Å². The number of hydrogen-bond donors (Lipinski definition) is 4. The van der Waals surface area contributed by atoms with Crippen LogP contribution in [0.3, 0.4) is 0 Å². The molecule has 0 bridgehead atoms. The number of Topliss-reactive ketones (excluding diaryl/α,β-unsaturated/α-hetero) is 4. The number of ether oxygens (including phenoxy) is 1. The lowest BCUT2D eigenvalue weighted by Crippen LogP contribution is -2.74. The molecule has 3 aliphatic carbocycles. The van der Waals surface area contributed by atoms with Crippen molar-refractivity contribution in [1.82, 2.24) is 4.90 Å². The minimum absolute atomic E-state index is 0.0442. The molecule has 3 unspecified atom stereocenters. The molecular formula is C28H36N4O9. The van der Waals surface area contributed by atoms with Gasteiger partial charge in [0.15, 0.2) is 34.7 Å². The molecule has 0 radical (unpaired) electrons. The summed E-state index contributed by atoms with van der Waals surface area (Å²) in [6, 6.07) is -0.467. The topological polar surface area (TPSA) is 197 Å². The molecule has 2 saturated carbocycles. The van der Waals surface area contributed by atoms with Crippen molar-refractivity contribution in [2.75, 3.05) is 45.0 Å². The van der Waals surface area contributed by atoms with Crippen molar-refractivity contribution in [1.29, 1.82) is 0 Å². The normalized spacial score (nSPS) is 29.8. The van der Waals surface area contributed by atoms with Crippen molar-refractivity contribution >= 4 is 46.4 Å². The van der Waals surface area contributed by atoms with Crippen LogP contribution in [0.1, 0.15) is 36.2 Å². The van der Waals surface area contributed by atoms with Gasteiger partial charge < -0.3 is 30.9 Å². The Hall–Kier alpha value is -3.84. The third kappa shape index (κ3) is 4.47. The van der Waals surface area contributed by atoms with Crippen molar-refractivity contribution in [3.05, 3.63) is 17.2 Å². The molecule has 13 heteroatoms. The summed E-state index contributed by atoms with van der Waals surface area (Å²) in [6.45, 7) is 3.32. The zero-order chi connectivity index (χ0) is 30.7. The molecule has 0 spiro atoms. The Morgan fingerprint density at radius 1 is 1.17 bits per heavy atom. The number of amides is 1. The van der Waals surface area contributed by atoms with Gasteiger partial charge in [0.1, 0.15) is 11.8 Å². The summed E-state index contributed by atoms with van der Waals surface area (Å²) in [4.78, 5) is 82.2. The number of primary amides is 1. The van der Waals surface area contributed by atoms with Crippen LogP contribution in [0, 0.1) is 23.7 Å². The van der Waals surface area contributed by atoms with Crippen LogP contribution in [0.25, 0.3) is 0 Å². The predicted octanol–water partition coefficient (Wildman–Crippen LogP) is -0.703. The number of aliphatic hydroxyl groups is 1. The molecule has 1 aromatic carbocycles. The van der Waals surface area contributed by atoms with Gasteiger partial charge in [-0.3, -0.25) is 28.9 Å². The van der Waals surface area contributed by atoms with Crippen molar-refractivity contribution in [2.45, 2.75) is 44.4 Å². The number of carbonyl (C=O) groups excluding carboxylic acids is 6. The molecule has 222 valence electrons. The average molecular weight is 573 g/mol. The molecule has 0 aromatic heterocycles.